The number of carbonyl (C=O) groups is 2. The monoisotopic (exact) mass is 284 g/mol. The van der Waals surface area contributed by atoms with Crippen molar-refractivity contribution in [2.45, 2.75) is 32.4 Å². The summed E-state index contributed by atoms with van der Waals surface area (Å²) in [7, 11) is 1.48. The molecule has 0 aliphatic heterocycles. The Labute approximate surface area is 117 Å². The van der Waals surface area contributed by atoms with Crippen LogP contribution >= 0.6 is 11.6 Å². The van der Waals surface area contributed by atoms with Gasteiger partial charge in [-0.25, -0.2) is 9.78 Å². The van der Waals surface area contributed by atoms with E-state index in [1.54, 1.807) is 39.0 Å². The minimum Gasteiger partial charge on any atom is -0.444 e. The molecule has 0 radical (unpaired) electrons. The third-order valence-electron chi connectivity index (χ3n) is 2.27. The van der Waals surface area contributed by atoms with Gasteiger partial charge in [-0.15, -0.1) is 0 Å². The van der Waals surface area contributed by atoms with Crippen molar-refractivity contribution >= 4 is 24.0 Å². The van der Waals surface area contributed by atoms with Crippen LogP contribution in [0.2, 0.25) is 5.15 Å². The van der Waals surface area contributed by atoms with E-state index in [0.29, 0.717) is 12.0 Å². The van der Waals surface area contributed by atoms with Gasteiger partial charge in [0.15, 0.2) is 0 Å². The SMILES string of the molecule is CN(C(=O)OC(C)(C)C)C(C=O)c1cccc(Cl)n1. The molecule has 5 nitrogen and oxygen atoms in total. The zero-order valence-corrected chi connectivity index (χ0v) is 12.1. The lowest BCUT2D eigenvalue weighted by molar-refractivity contribution is -0.112. The van der Waals surface area contributed by atoms with Crippen LogP contribution in [0.3, 0.4) is 0 Å². The largest absolute Gasteiger partial charge is 0.444 e. The molecule has 1 atom stereocenters. The van der Waals surface area contributed by atoms with Crippen molar-refractivity contribution in [3.63, 3.8) is 0 Å². The van der Waals surface area contributed by atoms with E-state index >= 15 is 0 Å². The van der Waals surface area contributed by atoms with Crippen LogP contribution in [0.15, 0.2) is 18.2 Å². The van der Waals surface area contributed by atoms with Crippen LogP contribution in [0.5, 0.6) is 0 Å². The first-order valence-electron chi connectivity index (χ1n) is 5.78. The summed E-state index contributed by atoms with van der Waals surface area (Å²) in [5.74, 6) is 0. The molecule has 0 aliphatic rings. The zero-order valence-electron chi connectivity index (χ0n) is 11.4. The van der Waals surface area contributed by atoms with Crippen LogP contribution in [0.4, 0.5) is 4.79 Å². The highest BCUT2D eigenvalue weighted by Gasteiger charge is 2.27. The summed E-state index contributed by atoms with van der Waals surface area (Å²) in [5.41, 5.74) is -0.226. The Morgan fingerprint density at radius 3 is 2.58 bits per heavy atom. The molecule has 0 saturated carbocycles. The number of nitrogens with zero attached hydrogens (tertiary/aromatic N) is 2. The van der Waals surface area contributed by atoms with Crippen molar-refractivity contribution < 1.29 is 14.3 Å². The normalized spacial score (nSPS) is 12.7. The molecule has 104 valence electrons. The minimum absolute atomic E-state index is 0.266. The number of halogens is 1. The Kier molecular flexibility index (Phi) is 4.89. The van der Waals surface area contributed by atoms with Crippen molar-refractivity contribution in [3.05, 3.63) is 29.0 Å². The Morgan fingerprint density at radius 1 is 1.47 bits per heavy atom. The maximum atomic E-state index is 11.9. The Balaban J connectivity index is 2.91. The highest BCUT2D eigenvalue weighted by Crippen LogP contribution is 2.19. The molecule has 1 rings (SSSR count). The van der Waals surface area contributed by atoms with Crippen LogP contribution in [0, 0.1) is 0 Å². The molecule has 0 bridgehead atoms. The number of hydrogen-bond acceptors (Lipinski definition) is 4. The van der Waals surface area contributed by atoms with E-state index in [1.165, 1.54) is 11.9 Å². The molecule has 1 aromatic rings. The van der Waals surface area contributed by atoms with Crippen molar-refractivity contribution in [1.82, 2.24) is 9.88 Å². The van der Waals surface area contributed by atoms with Crippen LogP contribution < -0.4 is 0 Å². The molecule has 0 saturated heterocycles. The first-order chi connectivity index (χ1) is 8.74. The second-order valence-electron chi connectivity index (χ2n) is 5.06. The fourth-order valence-corrected chi connectivity index (χ4v) is 1.57. The third-order valence-corrected chi connectivity index (χ3v) is 2.48. The van der Waals surface area contributed by atoms with Crippen LogP contribution in [0.25, 0.3) is 0 Å². The standard InChI is InChI=1S/C13H17ClN2O3/c1-13(2,3)19-12(18)16(4)10(8-17)9-6-5-7-11(14)15-9/h5-8,10H,1-4H3. The summed E-state index contributed by atoms with van der Waals surface area (Å²) in [6.07, 6.45) is 0.0362. The number of ether oxygens (including phenoxy) is 1. The van der Waals surface area contributed by atoms with Gasteiger partial charge in [0.25, 0.3) is 0 Å². The Hall–Kier alpha value is -1.62. The number of aromatic nitrogens is 1. The molecule has 0 N–H and O–H groups in total. The number of rotatable bonds is 3. The molecule has 1 unspecified atom stereocenters. The first-order valence-corrected chi connectivity index (χ1v) is 6.16. The van der Waals surface area contributed by atoms with E-state index in [-0.39, 0.29) is 5.15 Å². The molecular weight excluding hydrogens is 268 g/mol. The van der Waals surface area contributed by atoms with E-state index in [4.69, 9.17) is 16.3 Å². The van der Waals surface area contributed by atoms with E-state index in [0.717, 1.165) is 0 Å². The van der Waals surface area contributed by atoms with E-state index in [1.807, 2.05) is 0 Å². The van der Waals surface area contributed by atoms with Gasteiger partial charge >= 0.3 is 6.09 Å². The molecule has 0 aromatic carbocycles. The number of pyridine rings is 1. The summed E-state index contributed by atoms with van der Waals surface area (Å²) in [5, 5.41) is 0.266. The van der Waals surface area contributed by atoms with Crippen molar-refractivity contribution in [2.24, 2.45) is 0 Å². The van der Waals surface area contributed by atoms with Crippen molar-refractivity contribution in [2.75, 3.05) is 7.05 Å². The predicted octanol–water partition coefficient (Wildman–Crippen LogP) is 2.84. The molecule has 0 aliphatic carbocycles. The maximum absolute atomic E-state index is 11.9. The average molecular weight is 285 g/mol. The Bertz CT molecular complexity index is 471. The molecular formula is C13H17ClN2O3. The highest BCUT2D eigenvalue weighted by molar-refractivity contribution is 6.29. The average Bonchev–Trinajstić information content (AvgIpc) is 2.27. The second-order valence-corrected chi connectivity index (χ2v) is 5.44. The molecule has 1 aromatic heterocycles. The lowest BCUT2D eigenvalue weighted by Crippen LogP contribution is -2.37. The van der Waals surface area contributed by atoms with Gasteiger partial charge in [0.1, 0.15) is 23.1 Å². The van der Waals surface area contributed by atoms with Crippen LogP contribution in [-0.2, 0) is 9.53 Å². The first kappa shape index (κ1) is 15.4. The van der Waals surface area contributed by atoms with Crippen LogP contribution in [-0.4, -0.2) is 34.9 Å². The number of hydrogen-bond donors (Lipinski definition) is 0. The quantitative estimate of drug-likeness (QED) is 0.632. The second kappa shape index (κ2) is 6.02. The molecule has 19 heavy (non-hydrogen) atoms. The van der Waals surface area contributed by atoms with Crippen molar-refractivity contribution in [3.8, 4) is 0 Å². The van der Waals surface area contributed by atoms with Gasteiger partial charge in [0, 0.05) is 7.05 Å². The number of aldehydes is 1. The van der Waals surface area contributed by atoms with E-state index in [2.05, 4.69) is 4.98 Å². The predicted molar refractivity (Wildman–Crippen MR) is 72.0 cm³/mol. The van der Waals surface area contributed by atoms with Gasteiger partial charge in [-0.3, -0.25) is 4.90 Å². The third kappa shape index (κ3) is 4.52. The fourth-order valence-electron chi connectivity index (χ4n) is 1.40. The maximum Gasteiger partial charge on any atom is 0.410 e. The summed E-state index contributed by atoms with van der Waals surface area (Å²) < 4.78 is 5.20. The molecule has 1 amide bonds. The lowest BCUT2D eigenvalue weighted by Gasteiger charge is -2.27. The zero-order chi connectivity index (χ0) is 14.6. The summed E-state index contributed by atoms with van der Waals surface area (Å²) in [4.78, 5) is 28.3. The van der Waals surface area contributed by atoms with Gasteiger partial charge in [-0.2, -0.15) is 0 Å². The lowest BCUT2D eigenvalue weighted by atomic mass is 10.2. The van der Waals surface area contributed by atoms with Crippen LogP contribution in [0.1, 0.15) is 32.5 Å². The topological polar surface area (TPSA) is 59.5 Å². The smallest absolute Gasteiger partial charge is 0.410 e. The summed E-state index contributed by atoms with van der Waals surface area (Å²) in [6.45, 7) is 5.27. The van der Waals surface area contributed by atoms with E-state index in [9.17, 15) is 9.59 Å². The minimum atomic E-state index is -0.825. The molecule has 1 heterocycles. The molecule has 0 spiro atoms. The summed E-state index contributed by atoms with van der Waals surface area (Å²) >= 11 is 5.77. The molecule has 0 fully saturated rings. The Morgan fingerprint density at radius 2 is 2.11 bits per heavy atom. The number of likely N-dealkylation sites (N-methyl/N-ethyl adjacent to an activating group) is 1. The van der Waals surface area contributed by atoms with Gasteiger partial charge in [0.05, 0.1) is 5.69 Å². The van der Waals surface area contributed by atoms with Crippen molar-refractivity contribution in [1.29, 1.82) is 0 Å². The van der Waals surface area contributed by atoms with Gasteiger partial charge in [-0.05, 0) is 32.9 Å². The highest BCUT2D eigenvalue weighted by atomic mass is 35.5. The van der Waals surface area contributed by atoms with Gasteiger partial charge in [0.2, 0.25) is 0 Å². The summed E-state index contributed by atoms with van der Waals surface area (Å²) in [6, 6.07) is 4.07. The van der Waals surface area contributed by atoms with Gasteiger partial charge in [-0.1, -0.05) is 17.7 Å². The fraction of sp³-hybridized carbons (Fsp3) is 0.462. The molecule has 6 heteroatoms. The van der Waals surface area contributed by atoms with Gasteiger partial charge < -0.3 is 9.53 Å². The van der Waals surface area contributed by atoms with E-state index < -0.39 is 17.7 Å². The number of amides is 1. The number of carbonyl (C=O) groups excluding carboxylic acids is 2.